The molecule has 4 nitrogen and oxygen atoms in total. The van der Waals surface area contributed by atoms with Crippen molar-refractivity contribution in [2.75, 3.05) is 6.61 Å². The van der Waals surface area contributed by atoms with Gasteiger partial charge in [-0.25, -0.2) is 0 Å². The van der Waals surface area contributed by atoms with E-state index in [9.17, 15) is 4.79 Å². The SMILES string of the molecule is C[C@@H](c1ccccc1)N(Cc1ccccc1)C(CCO[Si](C)(C)C(C)(C)C)CC(=O)OC(C)(C)C. The minimum Gasteiger partial charge on any atom is -0.460 e. The lowest BCUT2D eigenvalue weighted by Crippen LogP contribution is -2.44. The van der Waals surface area contributed by atoms with Crippen LogP contribution in [-0.2, 0) is 20.5 Å². The maximum absolute atomic E-state index is 13.0. The Morgan fingerprint density at radius 2 is 1.46 bits per heavy atom. The van der Waals surface area contributed by atoms with Crippen molar-refractivity contribution in [3.05, 3.63) is 71.8 Å². The zero-order chi connectivity index (χ0) is 26.3. The normalized spacial score (nSPS) is 14.6. The van der Waals surface area contributed by atoms with E-state index in [2.05, 4.69) is 94.2 Å². The summed E-state index contributed by atoms with van der Waals surface area (Å²) < 4.78 is 12.3. The standard InChI is InChI=1S/C30H47NO3Si/c1-24(26-18-14-11-15-19-26)31(23-25-16-12-10-13-17-25)27(22-28(32)34-29(2,3)4)20-21-33-35(8,9)30(5,6)7/h10-19,24,27H,20-23H2,1-9H3/t24-,27?/m0/s1. The van der Waals surface area contributed by atoms with E-state index >= 15 is 0 Å². The molecule has 0 N–H and O–H groups in total. The summed E-state index contributed by atoms with van der Waals surface area (Å²) in [4.78, 5) is 15.5. The maximum atomic E-state index is 13.0. The Hall–Kier alpha value is -1.95. The highest BCUT2D eigenvalue weighted by molar-refractivity contribution is 6.74. The fourth-order valence-corrected chi connectivity index (χ4v) is 4.99. The van der Waals surface area contributed by atoms with Crippen molar-refractivity contribution in [3.63, 3.8) is 0 Å². The van der Waals surface area contributed by atoms with E-state index in [4.69, 9.17) is 9.16 Å². The van der Waals surface area contributed by atoms with Gasteiger partial charge in [0, 0.05) is 25.2 Å². The molecule has 0 aliphatic rings. The lowest BCUT2D eigenvalue weighted by Gasteiger charge is -2.39. The highest BCUT2D eigenvalue weighted by Crippen LogP contribution is 2.37. The van der Waals surface area contributed by atoms with Crippen LogP contribution in [0.15, 0.2) is 60.7 Å². The Kier molecular flexibility index (Phi) is 10.3. The van der Waals surface area contributed by atoms with Gasteiger partial charge in [-0.05, 0) is 63.4 Å². The first-order chi connectivity index (χ1) is 16.2. The molecule has 0 aromatic heterocycles. The van der Waals surface area contributed by atoms with Gasteiger partial charge in [0.2, 0.25) is 0 Å². The first-order valence-electron chi connectivity index (χ1n) is 12.9. The van der Waals surface area contributed by atoms with E-state index < -0.39 is 13.9 Å². The van der Waals surface area contributed by atoms with Crippen LogP contribution in [0.2, 0.25) is 18.1 Å². The van der Waals surface area contributed by atoms with E-state index in [-0.39, 0.29) is 23.1 Å². The van der Waals surface area contributed by atoms with Crippen molar-refractivity contribution in [3.8, 4) is 0 Å². The number of esters is 1. The van der Waals surface area contributed by atoms with E-state index in [1.807, 2.05) is 32.9 Å². The molecule has 0 amide bonds. The molecule has 1 unspecified atom stereocenters. The average molecular weight is 498 g/mol. The van der Waals surface area contributed by atoms with Crippen LogP contribution in [0, 0.1) is 0 Å². The number of ether oxygens (including phenoxy) is 1. The monoisotopic (exact) mass is 497 g/mol. The molecular weight excluding hydrogens is 450 g/mol. The summed E-state index contributed by atoms with van der Waals surface area (Å²) >= 11 is 0. The van der Waals surface area contributed by atoms with Crippen LogP contribution in [0.3, 0.4) is 0 Å². The third-order valence-corrected chi connectivity index (χ3v) is 11.5. The Morgan fingerprint density at radius 1 is 0.914 bits per heavy atom. The van der Waals surface area contributed by atoms with E-state index in [1.54, 1.807) is 0 Å². The molecule has 0 saturated heterocycles. The summed E-state index contributed by atoms with van der Waals surface area (Å²) in [5.74, 6) is -0.159. The van der Waals surface area contributed by atoms with E-state index in [0.717, 1.165) is 13.0 Å². The van der Waals surface area contributed by atoms with Crippen LogP contribution < -0.4 is 0 Å². The van der Waals surface area contributed by atoms with Crippen molar-refractivity contribution in [2.45, 2.75) is 104 Å². The van der Waals surface area contributed by atoms with Crippen molar-refractivity contribution in [2.24, 2.45) is 0 Å². The lowest BCUT2D eigenvalue weighted by molar-refractivity contribution is -0.156. The Bertz CT molecular complexity index is 901. The molecular formula is C30H47NO3Si. The van der Waals surface area contributed by atoms with Gasteiger partial charge in [-0.2, -0.15) is 0 Å². The number of hydrogen-bond acceptors (Lipinski definition) is 4. The minimum atomic E-state index is -1.88. The first kappa shape index (κ1) is 29.3. The fourth-order valence-electron chi connectivity index (χ4n) is 3.93. The topological polar surface area (TPSA) is 38.8 Å². The smallest absolute Gasteiger partial charge is 0.307 e. The Balaban J connectivity index is 2.35. The van der Waals surface area contributed by atoms with Gasteiger partial charge in [-0.3, -0.25) is 9.69 Å². The van der Waals surface area contributed by atoms with Crippen molar-refractivity contribution in [1.82, 2.24) is 4.90 Å². The summed E-state index contributed by atoms with van der Waals surface area (Å²) in [6.07, 6.45) is 1.11. The quantitative estimate of drug-likeness (QED) is 0.235. The second kappa shape index (κ2) is 12.3. The second-order valence-electron chi connectivity index (χ2n) is 12.1. The molecule has 2 rings (SSSR count). The molecule has 0 aliphatic heterocycles. The third kappa shape index (κ3) is 9.55. The molecule has 2 aromatic rings. The van der Waals surface area contributed by atoms with Gasteiger partial charge in [0.05, 0.1) is 6.42 Å². The van der Waals surface area contributed by atoms with E-state index in [1.165, 1.54) is 11.1 Å². The molecule has 0 fully saturated rings. The largest absolute Gasteiger partial charge is 0.460 e. The van der Waals surface area contributed by atoms with Crippen molar-refractivity contribution < 1.29 is 14.0 Å². The molecule has 0 saturated carbocycles. The number of carbonyl (C=O) groups excluding carboxylic acids is 1. The fraction of sp³-hybridized carbons (Fsp3) is 0.567. The Labute approximate surface area is 215 Å². The van der Waals surface area contributed by atoms with Crippen LogP contribution in [0.1, 0.15) is 78.5 Å². The van der Waals surface area contributed by atoms with Gasteiger partial charge < -0.3 is 9.16 Å². The van der Waals surface area contributed by atoms with Gasteiger partial charge in [0.15, 0.2) is 8.32 Å². The summed E-state index contributed by atoms with van der Waals surface area (Å²) in [6, 6.07) is 21.2. The minimum absolute atomic E-state index is 0.00923. The van der Waals surface area contributed by atoms with Crippen LogP contribution >= 0.6 is 0 Å². The second-order valence-corrected chi connectivity index (χ2v) is 16.9. The number of nitrogens with zero attached hydrogens (tertiary/aromatic N) is 1. The number of rotatable bonds is 11. The number of benzene rings is 2. The average Bonchev–Trinajstić information content (AvgIpc) is 2.75. The predicted molar refractivity (Wildman–Crippen MR) is 149 cm³/mol. The molecule has 0 spiro atoms. The van der Waals surface area contributed by atoms with Crippen molar-refractivity contribution in [1.29, 1.82) is 0 Å². The maximum Gasteiger partial charge on any atom is 0.307 e. The van der Waals surface area contributed by atoms with Gasteiger partial charge in [0.1, 0.15) is 5.60 Å². The van der Waals surface area contributed by atoms with Crippen LogP contribution in [-0.4, -0.2) is 37.4 Å². The lowest BCUT2D eigenvalue weighted by atomic mass is 10.00. The molecule has 35 heavy (non-hydrogen) atoms. The van der Waals surface area contributed by atoms with Crippen LogP contribution in [0.4, 0.5) is 0 Å². The molecule has 0 aliphatic carbocycles. The third-order valence-electron chi connectivity index (χ3n) is 7.00. The number of hydrogen-bond donors (Lipinski definition) is 0. The summed E-state index contributed by atoms with van der Waals surface area (Å²) in [6.45, 7) is 20.7. The van der Waals surface area contributed by atoms with E-state index in [0.29, 0.717) is 13.0 Å². The number of carbonyl (C=O) groups is 1. The molecule has 2 atom stereocenters. The zero-order valence-corrected chi connectivity index (χ0v) is 24.4. The molecule has 5 heteroatoms. The predicted octanol–water partition coefficient (Wildman–Crippen LogP) is 7.76. The molecule has 2 aromatic carbocycles. The highest BCUT2D eigenvalue weighted by Gasteiger charge is 2.37. The summed E-state index contributed by atoms with van der Waals surface area (Å²) in [5.41, 5.74) is 1.96. The van der Waals surface area contributed by atoms with Gasteiger partial charge >= 0.3 is 5.97 Å². The molecule has 194 valence electrons. The first-order valence-corrected chi connectivity index (χ1v) is 15.8. The Morgan fingerprint density at radius 3 is 1.97 bits per heavy atom. The van der Waals surface area contributed by atoms with Gasteiger partial charge in [0.25, 0.3) is 0 Å². The van der Waals surface area contributed by atoms with Crippen LogP contribution in [0.25, 0.3) is 0 Å². The van der Waals surface area contributed by atoms with Gasteiger partial charge in [-0.15, -0.1) is 0 Å². The zero-order valence-electron chi connectivity index (χ0n) is 23.4. The molecule has 0 bridgehead atoms. The summed E-state index contributed by atoms with van der Waals surface area (Å²) in [7, 11) is -1.88. The van der Waals surface area contributed by atoms with Crippen LogP contribution in [0.5, 0.6) is 0 Å². The highest BCUT2D eigenvalue weighted by atomic mass is 28.4. The van der Waals surface area contributed by atoms with Gasteiger partial charge in [-0.1, -0.05) is 81.4 Å². The van der Waals surface area contributed by atoms with Crippen molar-refractivity contribution >= 4 is 14.3 Å². The molecule has 0 radical (unpaired) electrons. The molecule has 0 heterocycles. The summed E-state index contributed by atoms with van der Waals surface area (Å²) in [5, 5.41) is 0.148.